The predicted molar refractivity (Wildman–Crippen MR) is 83.9 cm³/mol. The lowest BCUT2D eigenvalue weighted by molar-refractivity contribution is 0.178. The standard InChI is InChI=1S/C16H25N3O/c1-11-8-14(10-16(2,3)9-11)18-12-4-6-13(7-5-12)19-15(17)20/h4-7,11,14,18H,8-10H2,1-3H3,(H3,17,19,20). The van der Waals surface area contributed by atoms with E-state index in [4.69, 9.17) is 5.73 Å². The van der Waals surface area contributed by atoms with Crippen LogP contribution in [0.5, 0.6) is 0 Å². The molecule has 0 aliphatic heterocycles. The zero-order valence-electron chi connectivity index (χ0n) is 12.6. The van der Waals surface area contributed by atoms with Crippen LogP contribution < -0.4 is 16.4 Å². The van der Waals surface area contributed by atoms with Gasteiger partial charge in [-0.15, -0.1) is 0 Å². The molecule has 1 aliphatic rings. The average Bonchev–Trinajstić information content (AvgIpc) is 2.28. The number of carbonyl (C=O) groups is 1. The third-order valence-corrected chi connectivity index (χ3v) is 3.91. The minimum Gasteiger partial charge on any atom is -0.382 e. The molecule has 4 heteroatoms. The highest BCUT2D eigenvalue weighted by Crippen LogP contribution is 2.39. The highest BCUT2D eigenvalue weighted by molar-refractivity contribution is 5.87. The van der Waals surface area contributed by atoms with E-state index in [1.807, 2.05) is 24.3 Å². The molecule has 1 aromatic carbocycles. The van der Waals surface area contributed by atoms with Gasteiger partial charge in [-0.1, -0.05) is 20.8 Å². The Bertz CT molecular complexity index is 467. The average molecular weight is 275 g/mol. The maximum absolute atomic E-state index is 10.8. The molecule has 0 spiro atoms. The summed E-state index contributed by atoms with van der Waals surface area (Å²) in [5.41, 5.74) is 7.31. The van der Waals surface area contributed by atoms with Gasteiger partial charge < -0.3 is 16.4 Å². The smallest absolute Gasteiger partial charge is 0.316 e. The van der Waals surface area contributed by atoms with E-state index in [2.05, 4.69) is 31.4 Å². The number of primary amides is 1. The van der Waals surface area contributed by atoms with Crippen molar-refractivity contribution in [3.63, 3.8) is 0 Å². The fourth-order valence-electron chi connectivity index (χ4n) is 3.48. The Morgan fingerprint density at radius 3 is 2.35 bits per heavy atom. The van der Waals surface area contributed by atoms with Crippen molar-refractivity contribution in [2.75, 3.05) is 10.6 Å². The predicted octanol–water partition coefficient (Wildman–Crippen LogP) is 3.80. The van der Waals surface area contributed by atoms with E-state index in [0.29, 0.717) is 11.5 Å². The Hall–Kier alpha value is -1.71. The van der Waals surface area contributed by atoms with Crippen molar-refractivity contribution in [2.45, 2.75) is 46.1 Å². The first-order chi connectivity index (χ1) is 9.34. The van der Waals surface area contributed by atoms with Crippen LogP contribution in [0.3, 0.4) is 0 Å². The molecule has 1 fully saturated rings. The van der Waals surface area contributed by atoms with Gasteiger partial charge in [-0.05, 0) is 54.9 Å². The first kappa shape index (κ1) is 14.7. The van der Waals surface area contributed by atoms with Crippen LogP contribution >= 0.6 is 0 Å². The summed E-state index contributed by atoms with van der Waals surface area (Å²) in [6, 6.07) is 7.68. The maximum atomic E-state index is 10.8. The summed E-state index contributed by atoms with van der Waals surface area (Å²) in [4.78, 5) is 10.8. The second kappa shape index (κ2) is 5.73. The van der Waals surface area contributed by atoms with Gasteiger partial charge in [0, 0.05) is 17.4 Å². The quantitative estimate of drug-likeness (QED) is 0.785. The van der Waals surface area contributed by atoms with Crippen LogP contribution in [-0.2, 0) is 0 Å². The Labute approximate surface area is 121 Å². The molecule has 20 heavy (non-hydrogen) atoms. The van der Waals surface area contributed by atoms with Crippen molar-refractivity contribution in [1.82, 2.24) is 0 Å². The number of nitrogens with one attached hydrogen (secondary N) is 2. The monoisotopic (exact) mass is 275 g/mol. The number of amides is 2. The van der Waals surface area contributed by atoms with Gasteiger partial charge in [0.2, 0.25) is 0 Å². The van der Waals surface area contributed by atoms with Crippen LogP contribution in [0.4, 0.5) is 16.2 Å². The lowest BCUT2D eigenvalue weighted by atomic mass is 9.70. The molecule has 1 saturated carbocycles. The van der Waals surface area contributed by atoms with Crippen LogP contribution in [0.15, 0.2) is 24.3 Å². The Morgan fingerprint density at radius 1 is 1.20 bits per heavy atom. The van der Waals surface area contributed by atoms with E-state index < -0.39 is 6.03 Å². The fourth-order valence-corrected chi connectivity index (χ4v) is 3.48. The zero-order chi connectivity index (χ0) is 14.8. The number of benzene rings is 1. The summed E-state index contributed by atoms with van der Waals surface area (Å²) >= 11 is 0. The van der Waals surface area contributed by atoms with E-state index in [1.54, 1.807) is 0 Å². The van der Waals surface area contributed by atoms with E-state index >= 15 is 0 Å². The molecule has 1 aromatic rings. The molecule has 0 radical (unpaired) electrons. The van der Waals surface area contributed by atoms with Gasteiger partial charge in [-0.25, -0.2) is 4.79 Å². The zero-order valence-corrected chi connectivity index (χ0v) is 12.6. The first-order valence-electron chi connectivity index (χ1n) is 7.27. The fraction of sp³-hybridized carbons (Fsp3) is 0.562. The van der Waals surface area contributed by atoms with Crippen molar-refractivity contribution in [1.29, 1.82) is 0 Å². The highest BCUT2D eigenvalue weighted by Gasteiger charge is 2.31. The SMILES string of the molecule is CC1CC(Nc2ccc(NC(N)=O)cc2)CC(C)(C)C1. The largest absolute Gasteiger partial charge is 0.382 e. The Balaban J connectivity index is 1.97. The van der Waals surface area contributed by atoms with Gasteiger partial charge >= 0.3 is 6.03 Å². The molecule has 110 valence electrons. The Kier molecular flexibility index (Phi) is 4.21. The molecule has 2 atom stereocenters. The van der Waals surface area contributed by atoms with Gasteiger partial charge in [0.05, 0.1) is 0 Å². The number of carbonyl (C=O) groups excluding carboxylic acids is 1. The molecule has 0 heterocycles. The lowest BCUT2D eigenvalue weighted by Gasteiger charge is -2.39. The van der Waals surface area contributed by atoms with Crippen molar-refractivity contribution in [3.05, 3.63) is 24.3 Å². The molecule has 0 bridgehead atoms. The summed E-state index contributed by atoms with van der Waals surface area (Å²) < 4.78 is 0. The molecule has 2 unspecified atom stereocenters. The second-order valence-corrected chi connectivity index (χ2v) is 6.82. The lowest BCUT2D eigenvalue weighted by Crippen LogP contribution is -2.35. The van der Waals surface area contributed by atoms with E-state index in [-0.39, 0.29) is 0 Å². The first-order valence-corrected chi connectivity index (χ1v) is 7.27. The Morgan fingerprint density at radius 2 is 1.80 bits per heavy atom. The normalized spacial score (nSPS) is 24.9. The van der Waals surface area contributed by atoms with Crippen LogP contribution in [0.25, 0.3) is 0 Å². The van der Waals surface area contributed by atoms with Gasteiger partial charge in [-0.2, -0.15) is 0 Å². The van der Waals surface area contributed by atoms with E-state index in [1.165, 1.54) is 19.3 Å². The maximum Gasteiger partial charge on any atom is 0.316 e. The molecular weight excluding hydrogens is 250 g/mol. The minimum absolute atomic E-state index is 0.406. The molecular formula is C16H25N3O. The molecule has 1 aliphatic carbocycles. The summed E-state index contributed by atoms with van der Waals surface area (Å²) in [5.74, 6) is 0.757. The molecule has 4 nitrogen and oxygen atoms in total. The summed E-state index contributed by atoms with van der Waals surface area (Å²) in [6.07, 6.45) is 3.70. The summed E-state index contributed by atoms with van der Waals surface area (Å²) in [7, 11) is 0. The van der Waals surface area contributed by atoms with Gasteiger partial charge in [-0.3, -0.25) is 0 Å². The highest BCUT2D eigenvalue weighted by atomic mass is 16.2. The third kappa shape index (κ3) is 4.15. The number of rotatable bonds is 3. The molecule has 0 aromatic heterocycles. The number of hydrogen-bond donors (Lipinski definition) is 3. The molecule has 2 amide bonds. The van der Waals surface area contributed by atoms with Gasteiger partial charge in [0.1, 0.15) is 0 Å². The number of anilines is 2. The van der Waals surface area contributed by atoms with Gasteiger partial charge in [0.15, 0.2) is 0 Å². The van der Waals surface area contributed by atoms with E-state index in [0.717, 1.165) is 17.3 Å². The third-order valence-electron chi connectivity index (χ3n) is 3.91. The van der Waals surface area contributed by atoms with Crippen LogP contribution in [-0.4, -0.2) is 12.1 Å². The number of urea groups is 1. The van der Waals surface area contributed by atoms with Gasteiger partial charge in [0.25, 0.3) is 0 Å². The van der Waals surface area contributed by atoms with Crippen LogP contribution in [0, 0.1) is 11.3 Å². The van der Waals surface area contributed by atoms with Crippen LogP contribution in [0.2, 0.25) is 0 Å². The number of nitrogens with two attached hydrogens (primary N) is 1. The molecule has 4 N–H and O–H groups in total. The van der Waals surface area contributed by atoms with Crippen molar-refractivity contribution < 1.29 is 4.79 Å². The van der Waals surface area contributed by atoms with E-state index in [9.17, 15) is 4.79 Å². The topological polar surface area (TPSA) is 67.2 Å². The summed E-state index contributed by atoms with van der Waals surface area (Å²) in [6.45, 7) is 7.02. The summed E-state index contributed by atoms with van der Waals surface area (Å²) in [5, 5.41) is 6.17. The molecule has 2 rings (SSSR count). The number of hydrogen-bond acceptors (Lipinski definition) is 2. The second-order valence-electron chi connectivity index (χ2n) is 6.82. The minimum atomic E-state index is -0.534. The van der Waals surface area contributed by atoms with Crippen molar-refractivity contribution in [2.24, 2.45) is 17.1 Å². The van der Waals surface area contributed by atoms with Crippen molar-refractivity contribution in [3.8, 4) is 0 Å². The molecule has 0 saturated heterocycles. The van der Waals surface area contributed by atoms with Crippen LogP contribution in [0.1, 0.15) is 40.0 Å². The van der Waals surface area contributed by atoms with Crippen molar-refractivity contribution >= 4 is 17.4 Å².